The second kappa shape index (κ2) is 10.7. The number of nitrogens with zero attached hydrogens (tertiary/aromatic N) is 6. The summed E-state index contributed by atoms with van der Waals surface area (Å²) < 4.78 is 30.3. The van der Waals surface area contributed by atoms with E-state index >= 15 is 0 Å². The van der Waals surface area contributed by atoms with E-state index in [1.54, 1.807) is 42.0 Å². The summed E-state index contributed by atoms with van der Waals surface area (Å²) in [6, 6.07) is 12.9. The number of anilines is 1. The summed E-state index contributed by atoms with van der Waals surface area (Å²) in [7, 11) is -2.65. The Morgan fingerprint density at radius 1 is 1.24 bits per heavy atom. The van der Waals surface area contributed by atoms with Gasteiger partial charge < -0.3 is 4.90 Å². The maximum Gasteiger partial charge on any atom is 0.279 e. The monoisotopic (exact) mass is 585 g/mol. The first-order valence-corrected chi connectivity index (χ1v) is 13.3. The average Bonchev–Trinajstić information content (AvgIpc) is 3.30. The Hall–Kier alpha value is -3.81. The van der Waals surface area contributed by atoms with Crippen molar-refractivity contribution in [3.05, 3.63) is 99.2 Å². The van der Waals surface area contributed by atoms with Gasteiger partial charge in [-0.15, -0.1) is 0 Å². The van der Waals surface area contributed by atoms with Crippen molar-refractivity contribution in [1.82, 2.24) is 19.0 Å². The molecule has 4 rings (SSSR count). The second-order valence-electron chi connectivity index (χ2n) is 8.28. The number of hydrazine groups is 1. The molecular weight excluding hydrogens is 562 g/mol. The third kappa shape index (κ3) is 5.63. The van der Waals surface area contributed by atoms with Crippen LogP contribution in [-0.2, 0) is 16.4 Å². The third-order valence-electron chi connectivity index (χ3n) is 5.78. The molecule has 11 nitrogen and oxygen atoms in total. The van der Waals surface area contributed by atoms with Gasteiger partial charge in [0.2, 0.25) is 0 Å². The largest absolute Gasteiger partial charge is 0.373 e. The fourth-order valence-electron chi connectivity index (χ4n) is 3.79. The SMILES string of the molecule is CC(=CN(N)S(=O)(=O)c1cc([N+](=O)[O-])ccc1N(C)CCc1ccccn1)c1cnn2ccc(Br)cc12. The average molecular weight is 586 g/mol. The molecule has 0 saturated heterocycles. The molecule has 0 saturated carbocycles. The third-order valence-corrected chi connectivity index (χ3v) is 7.82. The maximum atomic E-state index is 13.6. The number of rotatable bonds is 9. The molecule has 4 aromatic rings. The number of nitro benzene ring substituents is 1. The van der Waals surface area contributed by atoms with Crippen LogP contribution in [0.4, 0.5) is 11.4 Å². The number of sulfonamides is 1. The lowest BCUT2D eigenvalue weighted by molar-refractivity contribution is -0.385. The molecule has 0 spiro atoms. The first kappa shape index (κ1) is 26.3. The number of fused-ring (bicyclic) bond motifs is 1. The van der Waals surface area contributed by atoms with Gasteiger partial charge in [0.1, 0.15) is 4.90 Å². The van der Waals surface area contributed by atoms with Crippen molar-refractivity contribution in [2.45, 2.75) is 18.2 Å². The van der Waals surface area contributed by atoms with Crippen LogP contribution in [0.2, 0.25) is 0 Å². The lowest BCUT2D eigenvalue weighted by Gasteiger charge is -2.24. The molecule has 3 heterocycles. The Morgan fingerprint density at radius 2 is 2.03 bits per heavy atom. The first-order valence-electron chi connectivity index (χ1n) is 11.1. The zero-order valence-electron chi connectivity index (χ0n) is 20.0. The Balaban J connectivity index is 1.69. The van der Waals surface area contributed by atoms with Crippen molar-refractivity contribution in [1.29, 1.82) is 0 Å². The molecule has 0 aliphatic heterocycles. The number of nitrogens with two attached hydrogens (primary N) is 1. The number of hydrogen-bond donors (Lipinski definition) is 1. The van der Waals surface area contributed by atoms with Crippen molar-refractivity contribution in [2.75, 3.05) is 18.5 Å². The molecule has 0 radical (unpaired) electrons. The van der Waals surface area contributed by atoms with E-state index in [4.69, 9.17) is 5.84 Å². The van der Waals surface area contributed by atoms with Crippen LogP contribution in [0.15, 0.2) is 82.7 Å². The van der Waals surface area contributed by atoms with E-state index in [1.165, 1.54) is 18.3 Å². The summed E-state index contributed by atoms with van der Waals surface area (Å²) in [6.45, 7) is 2.13. The van der Waals surface area contributed by atoms with Crippen LogP contribution in [0.1, 0.15) is 18.2 Å². The molecule has 13 heteroatoms. The standard InChI is InChI=1S/C24H24BrN7O4S/c1-17(21-15-28-30-12-8-18(25)13-23(21)30)16-31(26)37(35,36)24-14-20(32(33)34)6-7-22(24)29(2)11-9-19-5-3-4-10-27-19/h3-8,10,12-16H,9,11,26H2,1-2H3. The zero-order valence-corrected chi connectivity index (χ0v) is 22.4. The van der Waals surface area contributed by atoms with Crippen LogP contribution in [0.3, 0.4) is 0 Å². The molecule has 0 atom stereocenters. The van der Waals surface area contributed by atoms with Gasteiger partial charge in [0.05, 0.1) is 22.3 Å². The number of likely N-dealkylation sites (N-methyl/N-ethyl adjacent to an activating group) is 1. The van der Waals surface area contributed by atoms with Gasteiger partial charge >= 0.3 is 0 Å². The molecule has 0 aliphatic carbocycles. The minimum Gasteiger partial charge on any atom is -0.373 e. The minimum atomic E-state index is -4.36. The molecule has 1 aromatic carbocycles. The second-order valence-corrected chi connectivity index (χ2v) is 11.0. The molecule has 3 aromatic heterocycles. The number of hydrogen-bond acceptors (Lipinski definition) is 8. The lowest BCUT2D eigenvalue weighted by Crippen LogP contribution is -2.34. The maximum absolute atomic E-state index is 13.6. The van der Waals surface area contributed by atoms with Crippen LogP contribution < -0.4 is 10.7 Å². The van der Waals surface area contributed by atoms with E-state index in [9.17, 15) is 18.5 Å². The Kier molecular flexibility index (Phi) is 7.57. The molecule has 2 N–H and O–H groups in total. The zero-order chi connectivity index (χ0) is 26.7. The van der Waals surface area contributed by atoms with Gasteiger partial charge in [-0.2, -0.15) is 13.5 Å². The van der Waals surface area contributed by atoms with Crippen LogP contribution in [0.25, 0.3) is 11.1 Å². The smallest absolute Gasteiger partial charge is 0.279 e. The van der Waals surface area contributed by atoms with Crippen LogP contribution in [0.5, 0.6) is 0 Å². The van der Waals surface area contributed by atoms with Crippen molar-refractivity contribution in [3.8, 4) is 0 Å². The van der Waals surface area contributed by atoms with Gasteiger partial charge in [0.15, 0.2) is 0 Å². The number of allylic oxidation sites excluding steroid dienone is 1. The summed E-state index contributed by atoms with van der Waals surface area (Å²) in [5.74, 6) is 6.06. The summed E-state index contributed by atoms with van der Waals surface area (Å²) >= 11 is 3.43. The molecular formula is C24H24BrN7O4S. The normalized spacial score (nSPS) is 12.1. The van der Waals surface area contributed by atoms with Crippen LogP contribution in [0, 0.1) is 10.1 Å². The Bertz CT molecular complexity index is 1590. The summed E-state index contributed by atoms with van der Waals surface area (Å²) in [4.78, 5) is 16.5. The molecule has 37 heavy (non-hydrogen) atoms. The molecule has 0 unspecified atom stereocenters. The minimum absolute atomic E-state index is 0.278. The molecule has 0 amide bonds. The first-order chi connectivity index (χ1) is 17.6. The highest BCUT2D eigenvalue weighted by molar-refractivity contribution is 9.10. The van der Waals surface area contributed by atoms with E-state index in [-0.39, 0.29) is 16.3 Å². The molecule has 0 aliphatic rings. The van der Waals surface area contributed by atoms with Crippen molar-refractivity contribution >= 4 is 48.4 Å². The molecule has 192 valence electrons. The van der Waals surface area contributed by atoms with E-state index in [0.29, 0.717) is 28.5 Å². The predicted molar refractivity (Wildman–Crippen MR) is 144 cm³/mol. The van der Waals surface area contributed by atoms with E-state index in [0.717, 1.165) is 21.7 Å². The number of aromatic nitrogens is 3. The van der Waals surface area contributed by atoms with Crippen LogP contribution in [-0.4, -0.2) is 45.9 Å². The highest BCUT2D eigenvalue weighted by Gasteiger charge is 2.28. The van der Waals surface area contributed by atoms with Crippen molar-refractivity contribution in [2.24, 2.45) is 5.84 Å². The van der Waals surface area contributed by atoms with Gasteiger partial charge in [-0.3, -0.25) is 15.1 Å². The van der Waals surface area contributed by atoms with E-state index in [1.807, 2.05) is 30.3 Å². The van der Waals surface area contributed by atoms with E-state index in [2.05, 4.69) is 26.0 Å². The molecule has 0 bridgehead atoms. The fourth-order valence-corrected chi connectivity index (χ4v) is 5.41. The number of non-ortho nitro benzene ring substituents is 1. The Labute approximate surface area is 222 Å². The number of pyridine rings is 2. The number of halogens is 1. The van der Waals surface area contributed by atoms with Gasteiger partial charge in [-0.25, -0.2) is 14.8 Å². The van der Waals surface area contributed by atoms with Crippen LogP contribution >= 0.6 is 15.9 Å². The van der Waals surface area contributed by atoms with Gasteiger partial charge in [0, 0.05) is 66.5 Å². The van der Waals surface area contributed by atoms with Gasteiger partial charge in [-0.05, 0) is 42.8 Å². The fraction of sp³-hybridized carbons (Fsp3) is 0.167. The molecule has 0 fully saturated rings. The van der Waals surface area contributed by atoms with Gasteiger partial charge in [-0.1, -0.05) is 22.0 Å². The summed E-state index contributed by atoms with van der Waals surface area (Å²) in [6.07, 6.45) is 6.87. The lowest BCUT2D eigenvalue weighted by atomic mass is 10.1. The van der Waals surface area contributed by atoms with Gasteiger partial charge in [0.25, 0.3) is 15.7 Å². The summed E-state index contributed by atoms with van der Waals surface area (Å²) in [5, 5.41) is 15.7. The number of benzene rings is 1. The summed E-state index contributed by atoms with van der Waals surface area (Å²) in [5.41, 5.74) is 2.72. The van der Waals surface area contributed by atoms with Crippen molar-refractivity contribution < 1.29 is 13.3 Å². The predicted octanol–water partition coefficient (Wildman–Crippen LogP) is 4.00. The topological polar surface area (TPSA) is 140 Å². The van der Waals surface area contributed by atoms with Crippen molar-refractivity contribution in [3.63, 3.8) is 0 Å². The van der Waals surface area contributed by atoms with E-state index < -0.39 is 14.9 Å². The number of nitro groups is 1. The quantitative estimate of drug-likeness (QED) is 0.176. The highest BCUT2D eigenvalue weighted by Crippen LogP contribution is 2.31. The Morgan fingerprint density at radius 3 is 2.73 bits per heavy atom. The highest BCUT2D eigenvalue weighted by atomic mass is 79.9.